The molecule has 0 aliphatic rings. The standard InChI is InChI=1S/C75H136O6/c1-4-7-10-13-16-19-22-25-28-30-32-33-34-35-36-37-38-39-40-41-43-44-47-50-53-56-59-62-65-68-74(77)80-71-72(70-79-73(76)67-64-61-58-55-52-49-46-27-24-21-18-15-12-9-6-3)81-75(78)69-66-63-60-57-54-51-48-45-42-31-29-26-23-20-17-14-11-8-5-2/h9,12,18,21,27,46,52,55,61,64,72H,4-8,10-11,13-17,19-20,22-26,28-45,47-51,53-54,56-60,62-63,65-71H2,1-3H3/b12-9-,21-18-,46-27-,55-52-,64-61-. The topological polar surface area (TPSA) is 78.9 Å². The molecule has 0 saturated carbocycles. The maximum atomic E-state index is 12.9. The van der Waals surface area contributed by atoms with E-state index in [0.29, 0.717) is 12.8 Å². The Morgan fingerprint density at radius 3 is 0.753 bits per heavy atom. The van der Waals surface area contributed by atoms with Gasteiger partial charge in [0.25, 0.3) is 0 Å². The lowest BCUT2D eigenvalue weighted by Crippen LogP contribution is -2.30. The van der Waals surface area contributed by atoms with Gasteiger partial charge in [-0.25, -0.2) is 0 Å². The first-order valence-electron chi connectivity index (χ1n) is 35.8. The first-order valence-corrected chi connectivity index (χ1v) is 35.8. The number of carbonyl (C=O) groups excluding carboxylic acids is 3. The number of rotatable bonds is 66. The number of esters is 3. The first kappa shape index (κ1) is 78.1. The summed E-state index contributed by atoms with van der Waals surface area (Å²) in [6.07, 6.45) is 90.1. The molecule has 1 unspecified atom stereocenters. The monoisotopic (exact) mass is 1130 g/mol. The lowest BCUT2D eigenvalue weighted by Gasteiger charge is -2.18. The summed E-state index contributed by atoms with van der Waals surface area (Å²) in [5.41, 5.74) is 0. The van der Waals surface area contributed by atoms with Gasteiger partial charge in [0.05, 0.1) is 6.42 Å². The Morgan fingerprint density at radius 2 is 0.481 bits per heavy atom. The maximum absolute atomic E-state index is 12.9. The van der Waals surface area contributed by atoms with Gasteiger partial charge in [0, 0.05) is 12.8 Å². The Labute approximate surface area is 504 Å². The van der Waals surface area contributed by atoms with Crippen LogP contribution in [0.1, 0.15) is 380 Å². The normalized spacial score (nSPS) is 12.4. The fourth-order valence-corrected chi connectivity index (χ4v) is 10.8. The van der Waals surface area contributed by atoms with Crippen LogP contribution in [0.15, 0.2) is 60.8 Å². The largest absolute Gasteiger partial charge is 0.462 e. The highest BCUT2D eigenvalue weighted by Crippen LogP contribution is 2.19. The number of allylic oxidation sites excluding steroid dienone is 9. The number of hydrogen-bond donors (Lipinski definition) is 0. The molecule has 0 aliphatic carbocycles. The molecule has 1 atom stereocenters. The van der Waals surface area contributed by atoms with Crippen molar-refractivity contribution in [3.8, 4) is 0 Å². The summed E-state index contributed by atoms with van der Waals surface area (Å²) in [6, 6.07) is 0. The van der Waals surface area contributed by atoms with Crippen LogP contribution < -0.4 is 0 Å². The van der Waals surface area contributed by atoms with Gasteiger partial charge in [-0.3, -0.25) is 14.4 Å². The van der Waals surface area contributed by atoms with Crippen LogP contribution >= 0.6 is 0 Å². The average molecular weight is 1130 g/mol. The highest BCUT2D eigenvalue weighted by Gasteiger charge is 2.19. The van der Waals surface area contributed by atoms with E-state index in [0.717, 1.165) is 70.6 Å². The Bertz CT molecular complexity index is 1440. The molecule has 0 heterocycles. The number of carbonyl (C=O) groups is 3. The van der Waals surface area contributed by atoms with Crippen molar-refractivity contribution in [2.24, 2.45) is 0 Å². The van der Waals surface area contributed by atoms with Crippen LogP contribution in [0.3, 0.4) is 0 Å². The minimum atomic E-state index is -0.812. The molecule has 0 aromatic heterocycles. The Balaban J connectivity index is 4.25. The van der Waals surface area contributed by atoms with Crippen molar-refractivity contribution in [2.75, 3.05) is 13.2 Å². The van der Waals surface area contributed by atoms with E-state index < -0.39 is 12.1 Å². The van der Waals surface area contributed by atoms with Crippen molar-refractivity contribution < 1.29 is 28.6 Å². The molecular formula is C75H136O6. The van der Waals surface area contributed by atoms with Crippen LogP contribution in [0.5, 0.6) is 0 Å². The second kappa shape index (κ2) is 69.6. The molecule has 0 rings (SSSR count). The molecule has 81 heavy (non-hydrogen) atoms. The fourth-order valence-electron chi connectivity index (χ4n) is 10.8. The van der Waals surface area contributed by atoms with Crippen molar-refractivity contribution in [1.29, 1.82) is 0 Å². The molecule has 0 bridgehead atoms. The van der Waals surface area contributed by atoms with Crippen LogP contribution in [0, 0.1) is 0 Å². The minimum Gasteiger partial charge on any atom is -0.462 e. The van der Waals surface area contributed by atoms with Crippen molar-refractivity contribution >= 4 is 17.9 Å². The summed E-state index contributed by atoms with van der Waals surface area (Å²) in [7, 11) is 0. The lowest BCUT2D eigenvalue weighted by atomic mass is 10.0. The highest BCUT2D eigenvalue weighted by molar-refractivity contribution is 5.72. The summed E-state index contributed by atoms with van der Waals surface area (Å²) in [6.45, 7) is 6.51. The summed E-state index contributed by atoms with van der Waals surface area (Å²) in [5.74, 6) is -1.01. The van der Waals surface area contributed by atoms with E-state index >= 15 is 0 Å². The van der Waals surface area contributed by atoms with Crippen LogP contribution in [-0.4, -0.2) is 37.2 Å². The van der Waals surface area contributed by atoms with Gasteiger partial charge < -0.3 is 14.2 Å². The minimum absolute atomic E-state index is 0.0989. The molecular weight excluding hydrogens is 997 g/mol. The van der Waals surface area contributed by atoms with E-state index in [1.807, 2.05) is 12.2 Å². The molecule has 0 saturated heterocycles. The Hall–Kier alpha value is -2.89. The molecule has 0 aromatic carbocycles. The van der Waals surface area contributed by atoms with Gasteiger partial charge in [-0.15, -0.1) is 0 Å². The Morgan fingerprint density at radius 1 is 0.259 bits per heavy atom. The smallest absolute Gasteiger partial charge is 0.309 e. The van der Waals surface area contributed by atoms with Crippen LogP contribution in [0.25, 0.3) is 0 Å². The molecule has 472 valence electrons. The molecule has 6 nitrogen and oxygen atoms in total. The predicted octanol–water partition coefficient (Wildman–Crippen LogP) is 24.7. The van der Waals surface area contributed by atoms with Crippen molar-refractivity contribution in [2.45, 2.75) is 386 Å². The van der Waals surface area contributed by atoms with E-state index in [2.05, 4.69) is 69.4 Å². The average Bonchev–Trinajstić information content (AvgIpc) is 3.47. The third-order valence-electron chi connectivity index (χ3n) is 16.1. The number of hydrogen-bond acceptors (Lipinski definition) is 6. The van der Waals surface area contributed by atoms with E-state index in [9.17, 15) is 14.4 Å². The van der Waals surface area contributed by atoms with Gasteiger partial charge in [0.1, 0.15) is 13.2 Å². The summed E-state index contributed by atoms with van der Waals surface area (Å²) in [4.78, 5) is 38.3. The van der Waals surface area contributed by atoms with E-state index in [1.54, 1.807) is 0 Å². The second-order valence-corrected chi connectivity index (χ2v) is 24.2. The van der Waals surface area contributed by atoms with Crippen molar-refractivity contribution in [1.82, 2.24) is 0 Å². The van der Waals surface area contributed by atoms with Gasteiger partial charge in [-0.2, -0.15) is 0 Å². The zero-order valence-electron chi connectivity index (χ0n) is 54.3. The SMILES string of the molecule is CC/C=C\C/C=C\C/C=C\C/C=C\C/C=C\CC(=O)OCC(COC(=O)CCCCCCCCCCCCCCCCCCCCCCCCCCCCCCC)OC(=O)CCCCCCCCCCCCCCCCCCCCC. The molecule has 0 aliphatic heterocycles. The molecule has 0 spiro atoms. The van der Waals surface area contributed by atoms with Crippen LogP contribution in [0.4, 0.5) is 0 Å². The van der Waals surface area contributed by atoms with E-state index in [-0.39, 0.29) is 31.6 Å². The van der Waals surface area contributed by atoms with E-state index in [1.165, 1.54) is 270 Å². The summed E-state index contributed by atoms with van der Waals surface area (Å²) < 4.78 is 16.9. The predicted molar refractivity (Wildman–Crippen MR) is 353 cm³/mol. The number of unbranched alkanes of at least 4 members (excludes halogenated alkanes) is 46. The van der Waals surface area contributed by atoms with E-state index in [4.69, 9.17) is 14.2 Å². The summed E-state index contributed by atoms with van der Waals surface area (Å²) >= 11 is 0. The van der Waals surface area contributed by atoms with Crippen molar-refractivity contribution in [3.05, 3.63) is 60.8 Å². The van der Waals surface area contributed by atoms with Gasteiger partial charge in [0.2, 0.25) is 0 Å². The molecule has 0 fully saturated rings. The van der Waals surface area contributed by atoms with Gasteiger partial charge in [-0.05, 0) is 44.9 Å². The van der Waals surface area contributed by atoms with Gasteiger partial charge in [-0.1, -0.05) is 377 Å². The maximum Gasteiger partial charge on any atom is 0.309 e. The van der Waals surface area contributed by atoms with Crippen LogP contribution in [-0.2, 0) is 28.6 Å². The Kier molecular flexibility index (Phi) is 67.1. The number of ether oxygens (including phenoxy) is 3. The quantitative estimate of drug-likeness (QED) is 0.0261. The summed E-state index contributed by atoms with van der Waals surface area (Å²) in [5, 5.41) is 0. The lowest BCUT2D eigenvalue weighted by molar-refractivity contribution is -0.166. The molecule has 0 aromatic rings. The first-order chi connectivity index (χ1) is 40.0. The second-order valence-electron chi connectivity index (χ2n) is 24.2. The highest BCUT2D eigenvalue weighted by atomic mass is 16.6. The zero-order valence-corrected chi connectivity index (χ0v) is 54.3. The molecule has 0 amide bonds. The zero-order chi connectivity index (χ0) is 58.5. The molecule has 0 N–H and O–H groups in total. The molecule has 0 radical (unpaired) electrons. The van der Waals surface area contributed by atoms with Crippen LogP contribution in [0.2, 0.25) is 0 Å². The third-order valence-corrected chi connectivity index (χ3v) is 16.1. The van der Waals surface area contributed by atoms with Gasteiger partial charge >= 0.3 is 17.9 Å². The molecule has 6 heteroatoms. The fraction of sp³-hybridized carbons (Fsp3) is 0.827. The third kappa shape index (κ3) is 67.8. The van der Waals surface area contributed by atoms with Crippen molar-refractivity contribution in [3.63, 3.8) is 0 Å². The van der Waals surface area contributed by atoms with Gasteiger partial charge in [0.15, 0.2) is 6.10 Å².